The Labute approximate surface area is 44.2 Å². The molecule has 0 aliphatic carbocycles. The van der Waals surface area contributed by atoms with Crippen LogP contribution in [0.1, 0.15) is 13.8 Å². The van der Waals surface area contributed by atoms with Crippen LogP contribution >= 0.6 is 0 Å². The lowest BCUT2D eigenvalue weighted by molar-refractivity contribution is -0.497. The van der Waals surface area contributed by atoms with Crippen LogP contribution < -0.4 is 0 Å². The van der Waals surface area contributed by atoms with Crippen LogP contribution in [0.15, 0.2) is 5.10 Å². The second-order valence-corrected chi connectivity index (χ2v) is 1.21. The van der Waals surface area contributed by atoms with Crippen LogP contribution in [0.25, 0.3) is 0 Å². The van der Waals surface area contributed by atoms with Crippen LogP contribution in [0, 0.1) is 0 Å². The zero-order chi connectivity index (χ0) is 5.70. The summed E-state index contributed by atoms with van der Waals surface area (Å²) < 4.78 is 1.75. The molecule has 0 aromatic heterocycles. The second kappa shape index (κ2) is 3.53. The van der Waals surface area contributed by atoms with Gasteiger partial charge in [-0.2, -0.15) is 0 Å². The Bertz CT molecular complexity index is 92.3. The Balaban J connectivity index is 3.58. The summed E-state index contributed by atoms with van der Waals surface area (Å²) in [4.78, 5) is 0. The minimum atomic E-state index is 1.75. The lowest BCUT2D eigenvalue weighted by Crippen LogP contribution is -1.93. The van der Waals surface area contributed by atoms with Crippen molar-refractivity contribution in [3.05, 3.63) is 0 Å². The van der Waals surface area contributed by atoms with Crippen molar-refractivity contribution in [1.82, 2.24) is 0 Å². The summed E-state index contributed by atoms with van der Waals surface area (Å²) in [5, 5.41) is 3.90. The lowest BCUT2D eigenvalue weighted by Gasteiger charge is -1.75. The van der Waals surface area contributed by atoms with Crippen LogP contribution in [-0.4, -0.2) is 24.2 Å². The third-order valence-corrected chi connectivity index (χ3v) is 0.671. The van der Waals surface area contributed by atoms with Gasteiger partial charge in [0.1, 0.15) is 0 Å². The molecular formula is C5H11N2+. The molecule has 0 unspecified atom stereocenters. The summed E-state index contributed by atoms with van der Waals surface area (Å²) in [7, 11) is 1.89. The van der Waals surface area contributed by atoms with E-state index in [0.29, 0.717) is 0 Å². The van der Waals surface area contributed by atoms with Gasteiger partial charge in [-0.05, 0) is 12.0 Å². The van der Waals surface area contributed by atoms with E-state index >= 15 is 0 Å². The SMILES string of the molecule is C/C=N\[N+](C)=C/C. The van der Waals surface area contributed by atoms with Crippen LogP contribution in [-0.2, 0) is 0 Å². The lowest BCUT2D eigenvalue weighted by atomic mass is 10.8. The van der Waals surface area contributed by atoms with Gasteiger partial charge < -0.3 is 0 Å². The maximum atomic E-state index is 3.90. The number of hydrazone groups is 1. The molecule has 2 heteroatoms. The fraction of sp³-hybridized carbons (Fsp3) is 0.600. The van der Waals surface area contributed by atoms with E-state index in [4.69, 9.17) is 0 Å². The fourth-order valence-corrected chi connectivity index (χ4v) is 0.249. The van der Waals surface area contributed by atoms with Gasteiger partial charge in [-0.25, -0.2) is 0 Å². The van der Waals surface area contributed by atoms with E-state index in [1.165, 1.54) is 0 Å². The van der Waals surface area contributed by atoms with E-state index in [9.17, 15) is 0 Å². The van der Waals surface area contributed by atoms with Crippen molar-refractivity contribution in [2.45, 2.75) is 13.8 Å². The minimum Gasteiger partial charge on any atom is -0.0987 e. The summed E-state index contributed by atoms with van der Waals surface area (Å²) in [6.07, 6.45) is 3.64. The highest BCUT2D eigenvalue weighted by Gasteiger charge is 1.77. The summed E-state index contributed by atoms with van der Waals surface area (Å²) in [6.45, 7) is 3.83. The van der Waals surface area contributed by atoms with Crippen LogP contribution in [0.4, 0.5) is 0 Å². The highest BCUT2D eigenvalue weighted by atomic mass is 15.3. The maximum Gasteiger partial charge on any atom is 0.169 e. The van der Waals surface area contributed by atoms with E-state index in [1.807, 2.05) is 27.1 Å². The molecule has 0 saturated heterocycles. The van der Waals surface area contributed by atoms with Gasteiger partial charge in [0.05, 0.1) is 6.21 Å². The number of hydrogen-bond acceptors (Lipinski definition) is 1. The van der Waals surface area contributed by atoms with Gasteiger partial charge >= 0.3 is 0 Å². The van der Waals surface area contributed by atoms with Crippen molar-refractivity contribution in [2.75, 3.05) is 7.05 Å². The van der Waals surface area contributed by atoms with Gasteiger partial charge in [0, 0.05) is 6.92 Å². The highest BCUT2D eigenvalue weighted by Crippen LogP contribution is 1.61. The van der Waals surface area contributed by atoms with Crippen molar-refractivity contribution in [3.8, 4) is 0 Å². The molecule has 0 radical (unpaired) electrons. The monoisotopic (exact) mass is 99.1 g/mol. The van der Waals surface area contributed by atoms with E-state index in [2.05, 4.69) is 5.10 Å². The fourth-order valence-electron chi connectivity index (χ4n) is 0.249. The first kappa shape index (κ1) is 6.34. The van der Waals surface area contributed by atoms with Gasteiger partial charge in [0.2, 0.25) is 0 Å². The first-order valence-corrected chi connectivity index (χ1v) is 2.32. The van der Waals surface area contributed by atoms with Crippen LogP contribution in [0.5, 0.6) is 0 Å². The van der Waals surface area contributed by atoms with Crippen LogP contribution in [0.3, 0.4) is 0 Å². The molecule has 0 aliphatic heterocycles. The van der Waals surface area contributed by atoms with Crippen molar-refractivity contribution < 1.29 is 4.68 Å². The standard InChI is InChI=1S/C5H11N2/c1-4-6-7(3)5-2/h4-5H,1-3H3/q+1/b6-4-,7-5-. The van der Waals surface area contributed by atoms with Gasteiger partial charge in [-0.3, -0.25) is 0 Å². The molecule has 0 aliphatic rings. The van der Waals surface area contributed by atoms with Crippen molar-refractivity contribution in [2.24, 2.45) is 5.10 Å². The number of hydrogen-bond donors (Lipinski definition) is 0. The third kappa shape index (κ3) is 3.16. The van der Waals surface area contributed by atoms with Crippen molar-refractivity contribution >= 4 is 12.4 Å². The summed E-state index contributed by atoms with van der Waals surface area (Å²) >= 11 is 0. The molecule has 0 amide bonds. The third-order valence-electron chi connectivity index (χ3n) is 0.671. The predicted octanol–water partition coefficient (Wildman–Crippen LogP) is 0.725. The largest absolute Gasteiger partial charge is 0.169 e. The Morgan fingerprint density at radius 2 is 2.00 bits per heavy atom. The van der Waals surface area contributed by atoms with Gasteiger partial charge in [0.15, 0.2) is 13.3 Å². The zero-order valence-electron chi connectivity index (χ0n) is 5.05. The molecule has 40 valence electrons. The summed E-state index contributed by atoms with van der Waals surface area (Å²) in [5.74, 6) is 0. The zero-order valence-corrected chi connectivity index (χ0v) is 5.05. The van der Waals surface area contributed by atoms with E-state index < -0.39 is 0 Å². The molecule has 0 spiro atoms. The molecule has 0 N–H and O–H groups in total. The number of nitrogens with zero attached hydrogens (tertiary/aromatic N) is 2. The van der Waals surface area contributed by atoms with E-state index in [1.54, 1.807) is 10.9 Å². The number of rotatable bonds is 1. The first-order valence-electron chi connectivity index (χ1n) is 2.32. The normalized spacial score (nSPS) is 13.3. The van der Waals surface area contributed by atoms with Crippen molar-refractivity contribution in [3.63, 3.8) is 0 Å². The smallest absolute Gasteiger partial charge is 0.0987 e. The average Bonchev–Trinajstić information content (AvgIpc) is 1.68. The van der Waals surface area contributed by atoms with Gasteiger partial charge in [0.25, 0.3) is 0 Å². The predicted molar refractivity (Wildman–Crippen MR) is 32.1 cm³/mol. The van der Waals surface area contributed by atoms with E-state index in [0.717, 1.165) is 0 Å². The molecule has 0 bridgehead atoms. The van der Waals surface area contributed by atoms with Crippen molar-refractivity contribution in [1.29, 1.82) is 0 Å². The maximum absolute atomic E-state index is 3.90. The molecule has 0 saturated carbocycles. The molecular weight excluding hydrogens is 88.1 g/mol. The average molecular weight is 99.2 g/mol. The van der Waals surface area contributed by atoms with E-state index in [-0.39, 0.29) is 0 Å². The first-order chi connectivity index (χ1) is 3.31. The Hall–Kier alpha value is -0.660. The second-order valence-electron chi connectivity index (χ2n) is 1.21. The summed E-state index contributed by atoms with van der Waals surface area (Å²) in [6, 6.07) is 0. The molecule has 7 heavy (non-hydrogen) atoms. The quantitative estimate of drug-likeness (QED) is 0.261. The molecule has 0 atom stereocenters. The molecule has 0 heterocycles. The molecule has 2 nitrogen and oxygen atoms in total. The molecule has 0 rings (SSSR count). The highest BCUT2D eigenvalue weighted by molar-refractivity contribution is 5.53. The Morgan fingerprint density at radius 3 is 2.14 bits per heavy atom. The van der Waals surface area contributed by atoms with Crippen LogP contribution in [0.2, 0.25) is 0 Å². The Kier molecular flexibility index (Phi) is 3.19. The Morgan fingerprint density at radius 1 is 1.43 bits per heavy atom. The van der Waals surface area contributed by atoms with Gasteiger partial charge in [-0.1, -0.05) is 4.68 Å². The van der Waals surface area contributed by atoms with Gasteiger partial charge in [-0.15, -0.1) is 0 Å². The molecule has 0 fully saturated rings. The molecule has 0 aromatic rings. The topological polar surface area (TPSA) is 15.4 Å². The molecule has 0 aromatic carbocycles. The summed E-state index contributed by atoms with van der Waals surface area (Å²) in [5.41, 5.74) is 0. The minimum absolute atomic E-state index is 1.75.